The zero-order valence-electron chi connectivity index (χ0n) is 7.39. The zero-order chi connectivity index (χ0) is 10.9. The number of alkyl halides is 3. The Bertz CT molecular complexity index is 371. The third kappa shape index (κ3) is 1.84. The number of nitrogens with zero attached hydrogens (tertiary/aromatic N) is 2. The van der Waals surface area contributed by atoms with Crippen molar-refractivity contribution >= 4 is 12.0 Å². The summed E-state index contributed by atoms with van der Waals surface area (Å²) in [6.07, 6.45) is -3.47. The second-order valence-corrected chi connectivity index (χ2v) is 2.63. The summed E-state index contributed by atoms with van der Waals surface area (Å²) in [5.74, 6) is -0.388. The molecule has 1 heterocycles. The van der Waals surface area contributed by atoms with Crippen molar-refractivity contribution < 1.29 is 13.2 Å². The molecular weight excluding hydrogens is 195 g/mol. The summed E-state index contributed by atoms with van der Waals surface area (Å²) in [6.45, 7) is 4.70. The predicted octanol–water partition coefficient (Wildman–Crippen LogP) is 2.03. The molecule has 0 spiro atoms. The molecule has 3 nitrogen and oxygen atoms in total. The lowest BCUT2D eigenvalue weighted by Gasteiger charge is -2.11. The molecule has 6 heteroatoms. The summed E-state index contributed by atoms with van der Waals surface area (Å²) >= 11 is 0. The average Bonchev–Trinajstić information content (AvgIpc) is 2.01. The van der Waals surface area contributed by atoms with Crippen molar-refractivity contribution in [2.45, 2.75) is 13.1 Å². The molecule has 76 valence electrons. The van der Waals surface area contributed by atoms with Crippen molar-refractivity contribution in [3.05, 3.63) is 23.5 Å². The number of rotatable bonds is 1. The summed E-state index contributed by atoms with van der Waals surface area (Å²) in [5, 5.41) is 0. The van der Waals surface area contributed by atoms with E-state index in [0.29, 0.717) is 0 Å². The Balaban J connectivity index is 3.48. The van der Waals surface area contributed by atoms with Crippen LogP contribution in [0.3, 0.4) is 0 Å². The smallest absolute Gasteiger partial charge is 0.368 e. The highest BCUT2D eigenvalue weighted by atomic mass is 19.4. The van der Waals surface area contributed by atoms with E-state index in [0.717, 1.165) is 6.08 Å². The number of halogens is 3. The minimum Gasteiger partial charge on any atom is -0.368 e. The lowest BCUT2D eigenvalue weighted by molar-refractivity contribution is -0.141. The van der Waals surface area contributed by atoms with E-state index in [2.05, 4.69) is 16.5 Å². The largest absolute Gasteiger partial charge is 0.434 e. The van der Waals surface area contributed by atoms with Gasteiger partial charge in [-0.05, 0) is 6.92 Å². The third-order valence-corrected chi connectivity index (χ3v) is 1.63. The lowest BCUT2D eigenvalue weighted by atomic mass is 10.1. The van der Waals surface area contributed by atoms with Gasteiger partial charge in [0.05, 0.1) is 5.69 Å². The molecule has 0 aliphatic rings. The van der Waals surface area contributed by atoms with E-state index >= 15 is 0 Å². The summed E-state index contributed by atoms with van der Waals surface area (Å²) in [7, 11) is 0. The maximum Gasteiger partial charge on any atom is 0.434 e. The van der Waals surface area contributed by atoms with Crippen LogP contribution in [0.15, 0.2) is 6.58 Å². The molecule has 0 unspecified atom stereocenters. The Morgan fingerprint density at radius 3 is 2.36 bits per heavy atom. The van der Waals surface area contributed by atoms with Gasteiger partial charge in [-0.1, -0.05) is 12.7 Å². The first-order chi connectivity index (χ1) is 6.36. The van der Waals surface area contributed by atoms with Crippen LogP contribution < -0.4 is 5.73 Å². The van der Waals surface area contributed by atoms with Gasteiger partial charge in [0.1, 0.15) is 0 Å². The van der Waals surface area contributed by atoms with Crippen LogP contribution in [0.5, 0.6) is 0 Å². The van der Waals surface area contributed by atoms with Crippen molar-refractivity contribution in [2.24, 2.45) is 0 Å². The molecule has 0 saturated carbocycles. The van der Waals surface area contributed by atoms with E-state index in [-0.39, 0.29) is 17.2 Å². The minimum atomic E-state index is -4.54. The Labute approximate surface area is 78.5 Å². The highest BCUT2D eigenvalue weighted by Gasteiger charge is 2.36. The molecule has 0 aliphatic heterocycles. The van der Waals surface area contributed by atoms with Crippen molar-refractivity contribution in [3.8, 4) is 0 Å². The molecule has 0 aliphatic carbocycles. The molecule has 1 rings (SSSR count). The normalized spacial score (nSPS) is 11.4. The van der Waals surface area contributed by atoms with Gasteiger partial charge in [-0.25, -0.2) is 9.97 Å². The maximum atomic E-state index is 12.4. The second kappa shape index (κ2) is 3.28. The van der Waals surface area contributed by atoms with Crippen LogP contribution in [0.2, 0.25) is 0 Å². The van der Waals surface area contributed by atoms with Crippen LogP contribution in [0.25, 0.3) is 6.08 Å². The number of nitrogen functional groups attached to an aromatic ring is 1. The molecule has 1 aromatic rings. The molecule has 0 atom stereocenters. The molecule has 1 aromatic heterocycles. The van der Waals surface area contributed by atoms with E-state index in [4.69, 9.17) is 5.73 Å². The standard InChI is InChI=1S/C8H8F3N3/c1-3-5-4(2)13-7(12)14-6(5)8(9,10)11/h3H,1H2,2H3,(H2,12,13,14). The Morgan fingerprint density at radius 1 is 1.36 bits per heavy atom. The van der Waals surface area contributed by atoms with Crippen LogP contribution in [-0.4, -0.2) is 9.97 Å². The first kappa shape index (κ1) is 10.5. The van der Waals surface area contributed by atoms with Crippen molar-refractivity contribution in [2.75, 3.05) is 5.73 Å². The highest BCUT2D eigenvalue weighted by molar-refractivity contribution is 5.54. The first-order valence-electron chi connectivity index (χ1n) is 3.70. The highest BCUT2D eigenvalue weighted by Crippen LogP contribution is 2.32. The van der Waals surface area contributed by atoms with Crippen molar-refractivity contribution in [1.82, 2.24) is 9.97 Å². The lowest BCUT2D eigenvalue weighted by Crippen LogP contribution is -2.14. The van der Waals surface area contributed by atoms with Gasteiger partial charge in [-0.15, -0.1) is 0 Å². The van der Waals surface area contributed by atoms with Crippen LogP contribution in [0, 0.1) is 6.92 Å². The van der Waals surface area contributed by atoms with E-state index in [1.807, 2.05) is 0 Å². The molecule has 0 fully saturated rings. The quantitative estimate of drug-likeness (QED) is 0.759. The number of hydrogen-bond acceptors (Lipinski definition) is 3. The van der Waals surface area contributed by atoms with E-state index in [1.54, 1.807) is 0 Å². The van der Waals surface area contributed by atoms with Gasteiger partial charge in [0.2, 0.25) is 5.95 Å². The van der Waals surface area contributed by atoms with Gasteiger partial charge in [-0.2, -0.15) is 13.2 Å². The molecule has 0 bridgehead atoms. The van der Waals surface area contributed by atoms with Crippen LogP contribution in [-0.2, 0) is 6.18 Å². The van der Waals surface area contributed by atoms with E-state index in [1.165, 1.54) is 6.92 Å². The van der Waals surface area contributed by atoms with Gasteiger partial charge in [0, 0.05) is 5.56 Å². The molecule has 14 heavy (non-hydrogen) atoms. The average molecular weight is 203 g/mol. The maximum absolute atomic E-state index is 12.4. The number of nitrogens with two attached hydrogens (primary N) is 1. The zero-order valence-corrected chi connectivity index (χ0v) is 7.39. The van der Waals surface area contributed by atoms with Gasteiger partial charge in [0.15, 0.2) is 5.69 Å². The molecule has 0 amide bonds. The fourth-order valence-corrected chi connectivity index (χ4v) is 1.06. The van der Waals surface area contributed by atoms with Crippen LogP contribution >= 0.6 is 0 Å². The summed E-state index contributed by atoms with van der Waals surface area (Å²) in [4.78, 5) is 6.76. The fraction of sp³-hybridized carbons (Fsp3) is 0.250. The number of anilines is 1. The Morgan fingerprint density at radius 2 is 1.93 bits per heavy atom. The number of aromatic nitrogens is 2. The van der Waals surface area contributed by atoms with Crippen LogP contribution in [0.1, 0.15) is 17.0 Å². The predicted molar refractivity (Wildman–Crippen MR) is 46.3 cm³/mol. The van der Waals surface area contributed by atoms with Gasteiger partial charge >= 0.3 is 6.18 Å². The van der Waals surface area contributed by atoms with Gasteiger partial charge in [0.25, 0.3) is 0 Å². The summed E-state index contributed by atoms with van der Waals surface area (Å²) < 4.78 is 37.2. The van der Waals surface area contributed by atoms with E-state index in [9.17, 15) is 13.2 Å². The monoisotopic (exact) mass is 203 g/mol. The molecule has 2 N–H and O–H groups in total. The number of aryl methyl sites for hydroxylation is 1. The first-order valence-corrected chi connectivity index (χ1v) is 3.70. The van der Waals surface area contributed by atoms with Crippen LogP contribution in [0.4, 0.5) is 19.1 Å². The topological polar surface area (TPSA) is 51.8 Å². The molecular formula is C8H8F3N3. The molecule has 0 saturated heterocycles. The Kier molecular flexibility index (Phi) is 2.46. The van der Waals surface area contributed by atoms with Crippen molar-refractivity contribution in [3.63, 3.8) is 0 Å². The third-order valence-electron chi connectivity index (χ3n) is 1.63. The van der Waals surface area contributed by atoms with Crippen molar-refractivity contribution in [1.29, 1.82) is 0 Å². The SMILES string of the molecule is C=Cc1c(C)nc(N)nc1C(F)(F)F. The summed E-state index contributed by atoms with van der Waals surface area (Å²) in [6, 6.07) is 0. The summed E-state index contributed by atoms with van der Waals surface area (Å²) in [5.41, 5.74) is 4.11. The van der Waals surface area contributed by atoms with Gasteiger partial charge in [-0.3, -0.25) is 0 Å². The fourth-order valence-electron chi connectivity index (χ4n) is 1.06. The van der Waals surface area contributed by atoms with Gasteiger partial charge < -0.3 is 5.73 Å². The minimum absolute atomic E-state index is 0.133. The Hall–Kier alpha value is -1.59. The molecule has 0 aromatic carbocycles. The number of hydrogen-bond donors (Lipinski definition) is 1. The second-order valence-electron chi connectivity index (χ2n) is 2.63. The van der Waals surface area contributed by atoms with E-state index < -0.39 is 11.9 Å². The molecule has 0 radical (unpaired) electrons.